The number of esters is 1. The largest absolute Gasteiger partial charge is 0.478 e. The number of carbonyl (C=O) groups excluding carboxylic acids is 1. The number of hydrogen-bond donors (Lipinski definition) is 1. The Hall–Kier alpha value is -1.88. The minimum atomic E-state index is -0.976. The molecule has 17 heavy (non-hydrogen) atoms. The van der Waals surface area contributed by atoms with E-state index in [-0.39, 0.29) is 11.5 Å². The minimum absolute atomic E-state index is 0.214. The summed E-state index contributed by atoms with van der Waals surface area (Å²) in [5.74, 6) is -1.35. The molecule has 1 N–H and O–H groups in total. The van der Waals surface area contributed by atoms with Crippen molar-refractivity contribution in [1.29, 1.82) is 0 Å². The fourth-order valence-electron chi connectivity index (χ4n) is 1.48. The third-order valence-corrected chi connectivity index (χ3v) is 3.34. The molecule has 5 heteroatoms. The predicted molar refractivity (Wildman–Crippen MR) is 64.7 cm³/mol. The quantitative estimate of drug-likeness (QED) is 0.851. The van der Waals surface area contributed by atoms with E-state index >= 15 is 0 Å². The van der Waals surface area contributed by atoms with Crippen molar-refractivity contribution in [2.24, 2.45) is 0 Å². The van der Waals surface area contributed by atoms with Gasteiger partial charge in [0, 0.05) is 4.70 Å². The predicted octanol–water partition coefficient (Wildman–Crippen LogP) is 2.78. The van der Waals surface area contributed by atoms with E-state index in [1.807, 2.05) is 0 Å². The summed E-state index contributed by atoms with van der Waals surface area (Å²) in [4.78, 5) is 22.8. The summed E-state index contributed by atoms with van der Waals surface area (Å²) in [6, 6.07) is 6.43. The Labute approximate surface area is 101 Å². The molecule has 0 fully saturated rings. The first-order chi connectivity index (χ1) is 8.11. The average Bonchev–Trinajstić information content (AvgIpc) is 2.71. The van der Waals surface area contributed by atoms with Crippen LogP contribution in [0.5, 0.6) is 0 Å². The zero-order chi connectivity index (χ0) is 12.4. The molecule has 0 saturated heterocycles. The maximum absolute atomic E-state index is 11.5. The van der Waals surface area contributed by atoms with E-state index in [2.05, 4.69) is 0 Å². The van der Waals surface area contributed by atoms with Crippen LogP contribution in [0.15, 0.2) is 24.3 Å². The van der Waals surface area contributed by atoms with Crippen molar-refractivity contribution in [2.45, 2.75) is 6.92 Å². The van der Waals surface area contributed by atoms with E-state index in [1.54, 1.807) is 25.1 Å². The Morgan fingerprint density at radius 3 is 2.76 bits per heavy atom. The van der Waals surface area contributed by atoms with Crippen LogP contribution in [0.2, 0.25) is 0 Å². The second kappa shape index (κ2) is 4.55. The fraction of sp³-hybridized carbons (Fsp3) is 0.167. The van der Waals surface area contributed by atoms with E-state index in [0.29, 0.717) is 11.5 Å². The number of carboxylic acids is 1. The summed E-state index contributed by atoms with van der Waals surface area (Å²) in [6.45, 7) is 2.07. The Balaban J connectivity index is 2.43. The molecule has 0 amide bonds. The molecule has 0 atom stereocenters. The Kier molecular flexibility index (Phi) is 3.10. The zero-order valence-electron chi connectivity index (χ0n) is 9.10. The first-order valence-corrected chi connectivity index (χ1v) is 5.87. The number of aromatic carboxylic acids is 1. The van der Waals surface area contributed by atoms with Crippen LogP contribution in [0.3, 0.4) is 0 Å². The van der Waals surface area contributed by atoms with Crippen LogP contribution in [-0.4, -0.2) is 23.7 Å². The van der Waals surface area contributed by atoms with Crippen molar-refractivity contribution in [1.82, 2.24) is 0 Å². The fourth-order valence-corrected chi connectivity index (χ4v) is 2.42. The molecule has 0 spiro atoms. The third-order valence-electron chi connectivity index (χ3n) is 2.24. The smallest absolute Gasteiger partial charge is 0.348 e. The molecule has 0 aliphatic rings. The molecule has 0 aliphatic heterocycles. The zero-order valence-corrected chi connectivity index (χ0v) is 9.91. The van der Waals surface area contributed by atoms with Crippen LogP contribution in [-0.2, 0) is 4.74 Å². The summed E-state index contributed by atoms with van der Waals surface area (Å²) >= 11 is 1.30. The first-order valence-electron chi connectivity index (χ1n) is 5.06. The average molecular weight is 250 g/mol. The highest BCUT2D eigenvalue weighted by molar-refractivity contribution is 7.20. The number of carbonyl (C=O) groups is 2. The van der Waals surface area contributed by atoms with Gasteiger partial charge >= 0.3 is 11.9 Å². The standard InChI is InChI=1S/C12H10O4S/c1-2-16-12(15)10-6-8-5-7(11(13)14)3-4-9(8)17-10/h3-6H,2H2,1H3,(H,13,14). The first kappa shape index (κ1) is 11.6. The molecule has 1 heterocycles. The minimum Gasteiger partial charge on any atom is -0.478 e. The van der Waals surface area contributed by atoms with Crippen LogP contribution < -0.4 is 0 Å². The molecule has 0 bridgehead atoms. The number of fused-ring (bicyclic) bond motifs is 1. The molecule has 2 aromatic rings. The van der Waals surface area contributed by atoms with Crippen LogP contribution in [0.4, 0.5) is 0 Å². The van der Waals surface area contributed by atoms with Crippen molar-refractivity contribution in [2.75, 3.05) is 6.61 Å². The highest BCUT2D eigenvalue weighted by Crippen LogP contribution is 2.27. The van der Waals surface area contributed by atoms with Gasteiger partial charge in [-0.3, -0.25) is 0 Å². The Bertz CT molecular complexity index is 585. The lowest BCUT2D eigenvalue weighted by molar-refractivity contribution is 0.0531. The third kappa shape index (κ3) is 2.29. The Morgan fingerprint density at radius 1 is 1.35 bits per heavy atom. The SMILES string of the molecule is CCOC(=O)c1cc2cc(C(=O)O)ccc2s1. The molecule has 1 aromatic carbocycles. The van der Waals surface area contributed by atoms with E-state index in [4.69, 9.17) is 9.84 Å². The van der Waals surface area contributed by atoms with Crippen molar-refractivity contribution in [3.63, 3.8) is 0 Å². The highest BCUT2D eigenvalue weighted by atomic mass is 32.1. The van der Waals surface area contributed by atoms with Gasteiger partial charge < -0.3 is 9.84 Å². The van der Waals surface area contributed by atoms with Crippen LogP contribution in [0.1, 0.15) is 27.0 Å². The summed E-state index contributed by atoms with van der Waals surface area (Å²) in [5, 5.41) is 9.60. The molecule has 0 saturated carbocycles. The van der Waals surface area contributed by atoms with Crippen molar-refractivity contribution in [3.8, 4) is 0 Å². The lowest BCUT2D eigenvalue weighted by atomic mass is 10.1. The van der Waals surface area contributed by atoms with Gasteiger partial charge in [0.25, 0.3) is 0 Å². The van der Waals surface area contributed by atoms with Crippen molar-refractivity contribution >= 4 is 33.4 Å². The topological polar surface area (TPSA) is 63.6 Å². The molecular weight excluding hydrogens is 240 g/mol. The number of benzene rings is 1. The van der Waals surface area contributed by atoms with Gasteiger partial charge in [-0.1, -0.05) is 0 Å². The highest BCUT2D eigenvalue weighted by Gasteiger charge is 2.12. The normalized spacial score (nSPS) is 10.4. The van der Waals surface area contributed by atoms with E-state index in [9.17, 15) is 9.59 Å². The maximum Gasteiger partial charge on any atom is 0.348 e. The second-order valence-electron chi connectivity index (χ2n) is 3.39. The van der Waals surface area contributed by atoms with Gasteiger partial charge in [-0.25, -0.2) is 9.59 Å². The van der Waals surface area contributed by atoms with Gasteiger partial charge in [0.15, 0.2) is 0 Å². The summed E-state index contributed by atoms with van der Waals surface area (Å²) in [7, 11) is 0. The number of ether oxygens (including phenoxy) is 1. The maximum atomic E-state index is 11.5. The molecule has 0 aliphatic carbocycles. The molecular formula is C12H10O4S. The van der Waals surface area contributed by atoms with Gasteiger partial charge in [-0.2, -0.15) is 0 Å². The molecule has 4 nitrogen and oxygen atoms in total. The van der Waals surface area contributed by atoms with Crippen molar-refractivity contribution < 1.29 is 19.4 Å². The Morgan fingerprint density at radius 2 is 2.12 bits per heavy atom. The second-order valence-corrected chi connectivity index (χ2v) is 4.47. The number of rotatable bonds is 3. The van der Waals surface area contributed by atoms with E-state index < -0.39 is 5.97 Å². The van der Waals surface area contributed by atoms with Crippen LogP contribution in [0.25, 0.3) is 10.1 Å². The lowest BCUT2D eigenvalue weighted by Gasteiger charge is -1.95. The number of thiophene rings is 1. The summed E-state index contributed by atoms with van der Waals surface area (Å²) in [6.07, 6.45) is 0. The summed E-state index contributed by atoms with van der Waals surface area (Å²) in [5.41, 5.74) is 0.214. The number of hydrogen-bond acceptors (Lipinski definition) is 4. The summed E-state index contributed by atoms with van der Waals surface area (Å²) < 4.78 is 5.76. The van der Waals surface area contributed by atoms with E-state index in [0.717, 1.165) is 10.1 Å². The van der Waals surface area contributed by atoms with Gasteiger partial charge in [0.05, 0.1) is 12.2 Å². The lowest BCUT2D eigenvalue weighted by Crippen LogP contribution is -2.01. The monoisotopic (exact) mass is 250 g/mol. The number of carboxylic acid groups (broad SMARTS) is 1. The van der Waals surface area contributed by atoms with Gasteiger partial charge in [0.1, 0.15) is 4.88 Å². The molecule has 0 radical (unpaired) electrons. The molecule has 1 aromatic heterocycles. The van der Waals surface area contributed by atoms with Crippen LogP contribution in [0, 0.1) is 0 Å². The van der Waals surface area contributed by atoms with Gasteiger partial charge in [0.2, 0.25) is 0 Å². The molecule has 0 unspecified atom stereocenters. The van der Waals surface area contributed by atoms with Gasteiger partial charge in [-0.15, -0.1) is 11.3 Å². The van der Waals surface area contributed by atoms with Gasteiger partial charge in [-0.05, 0) is 36.6 Å². The molecule has 88 valence electrons. The van der Waals surface area contributed by atoms with E-state index in [1.165, 1.54) is 17.4 Å². The molecule has 2 rings (SSSR count). The van der Waals surface area contributed by atoms with Crippen molar-refractivity contribution in [3.05, 3.63) is 34.7 Å². The van der Waals surface area contributed by atoms with Crippen LogP contribution >= 0.6 is 11.3 Å².